The molecule has 0 bridgehead atoms. The highest BCUT2D eigenvalue weighted by atomic mass is 14.9. The van der Waals surface area contributed by atoms with E-state index in [1.165, 1.54) is 51.6 Å². The van der Waals surface area contributed by atoms with Crippen molar-refractivity contribution in [1.82, 2.24) is 5.32 Å². The Morgan fingerprint density at radius 3 is 2.18 bits per heavy atom. The number of nitrogens with one attached hydrogen (secondary N) is 1. The maximum atomic E-state index is 3.67. The molecule has 0 radical (unpaired) electrons. The van der Waals surface area contributed by atoms with E-state index in [9.17, 15) is 0 Å². The van der Waals surface area contributed by atoms with Gasteiger partial charge in [0.05, 0.1) is 0 Å². The van der Waals surface area contributed by atoms with Gasteiger partial charge in [-0.15, -0.1) is 0 Å². The molecular formula is C16H33N. The molecule has 1 nitrogen and oxygen atoms in total. The van der Waals surface area contributed by atoms with E-state index in [1.54, 1.807) is 0 Å². The van der Waals surface area contributed by atoms with Crippen LogP contribution in [0, 0.1) is 23.7 Å². The van der Waals surface area contributed by atoms with Gasteiger partial charge >= 0.3 is 0 Å². The topological polar surface area (TPSA) is 12.0 Å². The van der Waals surface area contributed by atoms with Gasteiger partial charge in [0.25, 0.3) is 0 Å². The molecule has 1 aliphatic rings. The molecule has 0 spiro atoms. The zero-order chi connectivity index (χ0) is 12.7. The predicted octanol–water partition coefficient (Wildman–Crippen LogP) is 4.47. The Morgan fingerprint density at radius 2 is 1.59 bits per heavy atom. The van der Waals surface area contributed by atoms with E-state index in [0.717, 1.165) is 23.7 Å². The average Bonchev–Trinajstić information content (AvgIpc) is 2.27. The minimum Gasteiger partial charge on any atom is -0.316 e. The molecule has 102 valence electrons. The predicted molar refractivity (Wildman–Crippen MR) is 77.2 cm³/mol. The SMILES string of the molecule is CC(C)CCC1CCCCC1CNCC(C)C. The van der Waals surface area contributed by atoms with Gasteiger partial charge in [0, 0.05) is 0 Å². The van der Waals surface area contributed by atoms with Crippen LogP contribution in [0.25, 0.3) is 0 Å². The van der Waals surface area contributed by atoms with Crippen LogP contribution in [-0.2, 0) is 0 Å². The Balaban J connectivity index is 2.26. The summed E-state index contributed by atoms with van der Waals surface area (Å²) in [5, 5.41) is 3.67. The van der Waals surface area contributed by atoms with E-state index in [1.807, 2.05) is 0 Å². The van der Waals surface area contributed by atoms with Crippen molar-refractivity contribution in [3.05, 3.63) is 0 Å². The summed E-state index contributed by atoms with van der Waals surface area (Å²) in [7, 11) is 0. The van der Waals surface area contributed by atoms with Crippen LogP contribution < -0.4 is 5.32 Å². The third kappa shape index (κ3) is 6.45. The normalized spacial score (nSPS) is 25.8. The first kappa shape index (κ1) is 15.0. The summed E-state index contributed by atoms with van der Waals surface area (Å²) >= 11 is 0. The molecule has 1 saturated carbocycles. The van der Waals surface area contributed by atoms with Crippen molar-refractivity contribution >= 4 is 0 Å². The monoisotopic (exact) mass is 239 g/mol. The molecular weight excluding hydrogens is 206 g/mol. The van der Waals surface area contributed by atoms with Crippen LogP contribution in [0.1, 0.15) is 66.2 Å². The van der Waals surface area contributed by atoms with E-state index >= 15 is 0 Å². The van der Waals surface area contributed by atoms with Crippen LogP contribution in [0.15, 0.2) is 0 Å². The lowest BCUT2D eigenvalue weighted by Gasteiger charge is -2.32. The lowest BCUT2D eigenvalue weighted by atomic mass is 9.76. The van der Waals surface area contributed by atoms with Gasteiger partial charge in [-0.05, 0) is 49.6 Å². The Kier molecular flexibility index (Phi) is 7.18. The summed E-state index contributed by atoms with van der Waals surface area (Å²) in [4.78, 5) is 0. The Bertz CT molecular complexity index is 186. The number of hydrogen-bond acceptors (Lipinski definition) is 1. The molecule has 0 aliphatic heterocycles. The Hall–Kier alpha value is -0.0400. The van der Waals surface area contributed by atoms with Crippen molar-refractivity contribution in [3.8, 4) is 0 Å². The van der Waals surface area contributed by atoms with Crippen LogP contribution in [0.2, 0.25) is 0 Å². The van der Waals surface area contributed by atoms with Gasteiger partial charge in [-0.3, -0.25) is 0 Å². The second-order valence-electron chi connectivity index (χ2n) is 6.83. The fourth-order valence-electron chi connectivity index (χ4n) is 3.04. The summed E-state index contributed by atoms with van der Waals surface area (Å²) in [5.74, 6) is 3.63. The molecule has 0 aromatic rings. The largest absolute Gasteiger partial charge is 0.316 e. The molecule has 0 heterocycles. The molecule has 0 saturated heterocycles. The van der Waals surface area contributed by atoms with Crippen molar-refractivity contribution in [3.63, 3.8) is 0 Å². The first-order valence-corrected chi connectivity index (χ1v) is 7.80. The highest BCUT2D eigenvalue weighted by Crippen LogP contribution is 2.33. The molecule has 1 N–H and O–H groups in total. The molecule has 0 amide bonds. The van der Waals surface area contributed by atoms with Crippen LogP contribution >= 0.6 is 0 Å². The first-order valence-electron chi connectivity index (χ1n) is 7.80. The highest BCUT2D eigenvalue weighted by molar-refractivity contribution is 4.77. The molecule has 17 heavy (non-hydrogen) atoms. The van der Waals surface area contributed by atoms with Crippen molar-refractivity contribution in [1.29, 1.82) is 0 Å². The maximum absolute atomic E-state index is 3.67. The third-order valence-electron chi connectivity index (χ3n) is 4.14. The van der Waals surface area contributed by atoms with Crippen molar-refractivity contribution in [2.45, 2.75) is 66.2 Å². The highest BCUT2D eigenvalue weighted by Gasteiger charge is 2.24. The molecule has 0 aromatic heterocycles. The van der Waals surface area contributed by atoms with Gasteiger partial charge < -0.3 is 5.32 Å². The summed E-state index contributed by atoms with van der Waals surface area (Å²) in [6.45, 7) is 11.8. The van der Waals surface area contributed by atoms with Crippen molar-refractivity contribution in [2.24, 2.45) is 23.7 Å². The second-order valence-corrected chi connectivity index (χ2v) is 6.83. The third-order valence-corrected chi connectivity index (χ3v) is 4.14. The average molecular weight is 239 g/mol. The molecule has 1 rings (SSSR count). The molecule has 2 unspecified atom stereocenters. The fraction of sp³-hybridized carbons (Fsp3) is 1.00. The van der Waals surface area contributed by atoms with Gasteiger partial charge in [-0.1, -0.05) is 53.4 Å². The molecule has 0 aromatic carbocycles. The Morgan fingerprint density at radius 1 is 0.941 bits per heavy atom. The van der Waals surface area contributed by atoms with Crippen LogP contribution in [0.4, 0.5) is 0 Å². The molecule has 1 aliphatic carbocycles. The zero-order valence-corrected chi connectivity index (χ0v) is 12.5. The van der Waals surface area contributed by atoms with Crippen molar-refractivity contribution in [2.75, 3.05) is 13.1 Å². The minimum absolute atomic E-state index is 0.785. The van der Waals surface area contributed by atoms with Crippen LogP contribution in [-0.4, -0.2) is 13.1 Å². The first-order chi connectivity index (χ1) is 8.09. The van der Waals surface area contributed by atoms with Gasteiger partial charge in [0.1, 0.15) is 0 Å². The van der Waals surface area contributed by atoms with E-state index < -0.39 is 0 Å². The van der Waals surface area contributed by atoms with Gasteiger partial charge in [0.15, 0.2) is 0 Å². The van der Waals surface area contributed by atoms with E-state index in [-0.39, 0.29) is 0 Å². The lowest BCUT2D eigenvalue weighted by molar-refractivity contribution is 0.206. The minimum atomic E-state index is 0.785. The molecule has 1 fully saturated rings. The standard InChI is InChI=1S/C16H33N/c1-13(2)9-10-15-7-5-6-8-16(15)12-17-11-14(3)4/h13-17H,5-12H2,1-4H3. The van der Waals surface area contributed by atoms with Gasteiger partial charge in [0.2, 0.25) is 0 Å². The summed E-state index contributed by atoms with van der Waals surface area (Å²) < 4.78 is 0. The zero-order valence-electron chi connectivity index (χ0n) is 12.5. The maximum Gasteiger partial charge on any atom is -0.00178 e. The smallest absolute Gasteiger partial charge is 0.00178 e. The Labute approximate surface area is 109 Å². The fourth-order valence-corrected chi connectivity index (χ4v) is 3.04. The molecule has 2 atom stereocenters. The van der Waals surface area contributed by atoms with Crippen LogP contribution in [0.3, 0.4) is 0 Å². The second kappa shape index (κ2) is 8.13. The summed E-state index contributed by atoms with van der Waals surface area (Å²) in [5.41, 5.74) is 0. The van der Waals surface area contributed by atoms with Gasteiger partial charge in [-0.2, -0.15) is 0 Å². The number of hydrogen-bond donors (Lipinski definition) is 1. The van der Waals surface area contributed by atoms with Crippen LogP contribution in [0.5, 0.6) is 0 Å². The summed E-state index contributed by atoms with van der Waals surface area (Å²) in [6.07, 6.45) is 8.78. The molecule has 1 heteroatoms. The van der Waals surface area contributed by atoms with Crippen molar-refractivity contribution < 1.29 is 0 Å². The lowest BCUT2D eigenvalue weighted by Crippen LogP contribution is -2.32. The van der Waals surface area contributed by atoms with E-state index in [0.29, 0.717) is 0 Å². The quantitative estimate of drug-likeness (QED) is 0.691. The number of rotatable bonds is 7. The van der Waals surface area contributed by atoms with Gasteiger partial charge in [-0.25, -0.2) is 0 Å². The summed E-state index contributed by atoms with van der Waals surface area (Å²) in [6, 6.07) is 0. The van der Waals surface area contributed by atoms with E-state index in [2.05, 4.69) is 33.0 Å². The van der Waals surface area contributed by atoms with E-state index in [4.69, 9.17) is 0 Å².